The Labute approximate surface area is 172 Å². The van der Waals surface area contributed by atoms with Gasteiger partial charge in [-0.25, -0.2) is 9.59 Å². The number of halogens is 2. The molecule has 0 fully saturated rings. The smallest absolute Gasteiger partial charge is 0.338 e. The Morgan fingerprint density at radius 1 is 1.11 bits per heavy atom. The molecular formula is C20H18Cl2N2O4. The van der Waals surface area contributed by atoms with Gasteiger partial charge in [-0.2, -0.15) is 0 Å². The predicted octanol–water partition coefficient (Wildman–Crippen LogP) is 4.37. The summed E-state index contributed by atoms with van der Waals surface area (Å²) in [4.78, 5) is 24.7. The molecule has 1 aliphatic heterocycles. The number of rotatable bonds is 5. The van der Waals surface area contributed by atoms with Crippen LogP contribution in [0.15, 0.2) is 53.7 Å². The number of ether oxygens (including phenoxy) is 2. The van der Waals surface area contributed by atoms with E-state index >= 15 is 0 Å². The molecule has 2 aromatic carbocycles. The van der Waals surface area contributed by atoms with Gasteiger partial charge in [0.25, 0.3) is 0 Å². The first-order valence-electron chi connectivity index (χ1n) is 8.42. The molecule has 0 unspecified atom stereocenters. The molecule has 2 N–H and O–H groups in total. The van der Waals surface area contributed by atoms with Gasteiger partial charge in [-0.15, -0.1) is 0 Å². The van der Waals surface area contributed by atoms with Crippen molar-refractivity contribution in [2.24, 2.45) is 0 Å². The van der Waals surface area contributed by atoms with Crippen molar-refractivity contribution in [3.63, 3.8) is 0 Å². The van der Waals surface area contributed by atoms with Gasteiger partial charge in [0.1, 0.15) is 12.4 Å². The number of benzene rings is 2. The minimum atomic E-state index is -0.702. The van der Waals surface area contributed by atoms with E-state index in [9.17, 15) is 9.59 Å². The van der Waals surface area contributed by atoms with Crippen molar-refractivity contribution in [2.45, 2.75) is 19.6 Å². The maximum absolute atomic E-state index is 12.8. The van der Waals surface area contributed by atoms with E-state index in [1.165, 1.54) is 0 Å². The second-order valence-corrected chi connectivity index (χ2v) is 6.98. The molecule has 1 aliphatic rings. The zero-order chi connectivity index (χ0) is 20.3. The predicted molar refractivity (Wildman–Crippen MR) is 106 cm³/mol. The largest absolute Gasteiger partial charge is 0.497 e. The molecule has 0 spiro atoms. The molecule has 28 heavy (non-hydrogen) atoms. The molecule has 146 valence electrons. The highest BCUT2D eigenvalue weighted by molar-refractivity contribution is 6.42. The molecule has 1 heterocycles. The summed E-state index contributed by atoms with van der Waals surface area (Å²) in [5, 5.41) is 6.04. The number of allylic oxidation sites excluding steroid dienone is 1. The molecule has 0 saturated heterocycles. The number of nitrogens with one attached hydrogen (secondary N) is 2. The maximum atomic E-state index is 12.8. The second-order valence-electron chi connectivity index (χ2n) is 6.17. The van der Waals surface area contributed by atoms with Crippen molar-refractivity contribution in [2.75, 3.05) is 7.11 Å². The Morgan fingerprint density at radius 2 is 1.82 bits per heavy atom. The van der Waals surface area contributed by atoms with E-state index in [2.05, 4.69) is 10.6 Å². The van der Waals surface area contributed by atoms with E-state index in [1.54, 1.807) is 44.4 Å². The van der Waals surface area contributed by atoms with Gasteiger partial charge in [0.05, 0.1) is 28.8 Å². The van der Waals surface area contributed by atoms with Crippen LogP contribution in [0.1, 0.15) is 24.1 Å². The Hall–Kier alpha value is -2.70. The molecule has 0 aliphatic carbocycles. The molecule has 2 amide bonds. The number of hydrogen-bond donors (Lipinski definition) is 2. The SMILES string of the molecule is COc1ccc(COC(=O)C2=C(C)NC(=O)N[C@H]2c2ccc(Cl)c(Cl)c2)cc1. The van der Waals surface area contributed by atoms with Crippen LogP contribution in [0.5, 0.6) is 5.75 Å². The van der Waals surface area contributed by atoms with Crippen LogP contribution < -0.4 is 15.4 Å². The fourth-order valence-electron chi connectivity index (χ4n) is 2.85. The highest BCUT2D eigenvalue weighted by Crippen LogP contribution is 2.32. The van der Waals surface area contributed by atoms with Crippen LogP contribution in [0.25, 0.3) is 0 Å². The molecule has 1 atom stereocenters. The van der Waals surface area contributed by atoms with E-state index in [1.807, 2.05) is 12.1 Å². The number of hydrogen-bond acceptors (Lipinski definition) is 4. The van der Waals surface area contributed by atoms with Gasteiger partial charge in [0.15, 0.2) is 0 Å². The quantitative estimate of drug-likeness (QED) is 0.703. The van der Waals surface area contributed by atoms with Gasteiger partial charge in [0, 0.05) is 5.70 Å². The number of urea groups is 1. The van der Waals surface area contributed by atoms with Crippen LogP contribution >= 0.6 is 23.2 Å². The Morgan fingerprint density at radius 3 is 2.46 bits per heavy atom. The standard InChI is InChI=1S/C20H18Cl2N2O4/c1-11-17(19(25)28-10-12-3-6-14(27-2)7-4-12)18(24-20(26)23-11)13-5-8-15(21)16(22)9-13/h3-9,18H,10H2,1-2H3,(H2,23,24,26)/t18-/m0/s1. The van der Waals surface area contributed by atoms with Crippen LogP contribution in [0.4, 0.5) is 4.79 Å². The average Bonchev–Trinajstić information content (AvgIpc) is 2.68. The molecule has 0 radical (unpaired) electrons. The highest BCUT2D eigenvalue weighted by atomic mass is 35.5. The van der Waals surface area contributed by atoms with Crippen LogP contribution in [-0.4, -0.2) is 19.1 Å². The third kappa shape index (κ3) is 4.40. The molecule has 8 heteroatoms. The summed E-state index contributed by atoms with van der Waals surface area (Å²) in [7, 11) is 1.58. The fourth-order valence-corrected chi connectivity index (χ4v) is 3.16. The third-order valence-corrected chi connectivity index (χ3v) is 5.03. The Bertz CT molecular complexity index is 942. The summed E-state index contributed by atoms with van der Waals surface area (Å²) in [5.41, 5.74) is 2.15. The van der Waals surface area contributed by atoms with Crippen molar-refractivity contribution in [1.29, 1.82) is 0 Å². The van der Waals surface area contributed by atoms with Crippen molar-refractivity contribution < 1.29 is 19.1 Å². The van der Waals surface area contributed by atoms with Gasteiger partial charge >= 0.3 is 12.0 Å². The first kappa shape index (κ1) is 20.0. The zero-order valence-electron chi connectivity index (χ0n) is 15.2. The van der Waals surface area contributed by atoms with Crippen LogP contribution in [-0.2, 0) is 16.1 Å². The fraction of sp³-hybridized carbons (Fsp3) is 0.200. The molecule has 0 aromatic heterocycles. The topological polar surface area (TPSA) is 76.7 Å². The van der Waals surface area contributed by atoms with E-state index < -0.39 is 18.0 Å². The summed E-state index contributed by atoms with van der Waals surface area (Å²) >= 11 is 12.1. The van der Waals surface area contributed by atoms with E-state index in [4.69, 9.17) is 32.7 Å². The number of esters is 1. The van der Waals surface area contributed by atoms with Gasteiger partial charge < -0.3 is 20.1 Å². The monoisotopic (exact) mass is 420 g/mol. The van der Waals surface area contributed by atoms with Gasteiger partial charge in [-0.1, -0.05) is 41.4 Å². The lowest BCUT2D eigenvalue weighted by atomic mass is 9.95. The first-order valence-corrected chi connectivity index (χ1v) is 9.18. The van der Waals surface area contributed by atoms with Gasteiger partial charge in [0.2, 0.25) is 0 Å². The van der Waals surface area contributed by atoms with E-state index in [-0.39, 0.29) is 6.61 Å². The van der Waals surface area contributed by atoms with Gasteiger partial charge in [-0.05, 0) is 42.3 Å². The summed E-state index contributed by atoms with van der Waals surface area (Å²) in [6.45, 7) is 1.73. The zero-order valence-corrected chi connectivity index (χ0v) is 16.7. The number of methoxy groups -OCH3 is 1. The Kier molecular flexibility index (Phi) is 6.11. The summed E-state index contributed by atoms with van der Waals surface area (Å²) < 4.78 is 10.6. The van der Waals surface area contributed by atoms with E-state index in [0.29, 0.717) is 32.6 Å². The van der Waals surface area contributed by atoms with Crippen molar-refractivity contribution >= 4 is 35.2 Å². The molecule has 3 rings (SSSR count). The average molecular weight is 421 g/mol. The normalized spacial score (nSPS) is 16.3. The van der Waals surface area contributed by atoms with Gasteiger partial charge in [-0.3, -0.25) is 0 Å². The minimum Gasteiger partial charge on any atom is -0.497 e. The number of carbonyl (C=O) groups excluding carboxylic acids is 2. The minimum absolute atomic E-state index is 0.0850. The van der Waals surface area contributed by atoms with E-state index in [0.717, 1.165) is 5.56 Å². The first-order chi connectivity index (χ1) is 13.4. The Balaban J connectivity index is 1.82. The lowest BCUT2D eigenvalue weighted by Gasteiger charge is -2.28. The highest BCUT2D eigenvalue weighted by Gasteiger charge is 2.32. The number of amides is 2. The van der Waals surface area contributed by atoms with Crippen LogP contribution in [0.3, 0.4) is 0 Å². The van der Waals surface area contributed by atoms with Crippen LogP contribution in [0, 0.1) is 0 Å². The number of carbonyl (C=O) groups is 2. The molecular weight excluding hydrogens is 403 g/mol. The summed E-state index contributed by atoms with van der Waals surface area (Å²) in [5.74, 6) is 0.171. The summed E-state index contributed by atoms with van der Waals surface area (Å²) in [6, 6.07) is 11.0. The molecule has 0 bridgehead atoms. The molecule has 2 aromatic rings. The lowest BCUT2D eigenvalue weighted by molar-refractivity contribution is -0.140. The molecule has 0 saturated carbocycles. The molecule has 6 nitrogen and oxygen atoms in total. The third-order valence-electron chi connectivity index (χ3n) is 4.30. The maximum Gasteiger partial charge on any atom is 0.338 e. The van der Waals surface area contributed by atoms with Crippen LogP contribution in [0.2, 0.25) is 10.0 Å². The lowest BCUT2D eigenvalue weighted by Crippen LogP contribution is -2.45. The van der Waals surface area contributed by atoms with Crippen molar-refractivity contribution in [3.8, 4) is 5.75 Å². The summed E-state index contributed by atoms with van der Waals surface area (Å²) in [6.07, 6.45) is 0. The van der Waals surface area contributed by atoms with Crippen molar-refractivity contribution in [3.05, 3.63) is 74.9 Å². The van der Waals surface area contributed by atoms with Crippen molar-refractivity contribution in [1.82, 2.24) is 10.6 Å². The second kappa shape index (κ2) is 8.54.